The lowest BCUT2D eigenvalue weighted by Gasteiger charge is -2.08. The van der Waals surface area contributed by atoms with Crippen molar-refractivity contribution in [3.05, 3.63) is 53.5 Å². The fraction of sp³-hybridized carbons (Fsp3) is 0.200. The zero-order valence-corrected chi connectivity index (χ0v) is 17.8. The summed E-state index contributed by atoms with van der Waals surface area (Å²) in [4.78, 5) is 17.1. The number of sulfone groups is 1. The molecule has 0 fully saturated rings. The molecule has 0 aliphatic carbocycles. The van der Waals surface area contributed by atoms with E-state index in [9.17, 15) is 13.2 Å². The van der Waals surface area contributed by atoms with Gasteiger partial charge >= 0.3 is 0 Å². The predicted molar refractivity (Wildman–Crippen MR) is 113 cm³/mol. The number of nitrogens with one attached hydrogen (secondary N) is 1. The van der Waals surface area contributed by atoms with Crippen LogP contribution in [-0.2, 0) is 9.84 Å². The van der Waals surface area contributed by atoms with Crippen molar-refractivity contribution in [1.29, 1.82) is 0 Å². The number of thiazole rings is 1. The van der Waals surface area contributed by atoms with E-state index in [4.69, 9.17) is 9.47 Å². The zero-order chi connectivity index (χ0) is 21.0. The largest absolute Gasteiger partial charge is 0.493 e. The Labute approximate surface area is 173 Å². The molecule has 3 rings (SSSR count). The molecule has 0 radical (unpaired) electrons. The third-order valence-electron chi connectivity index (χ3n) is 4.22. The highest BCUT2D eigenvalue weighted by Crippen LogP contribution is 2.33. The standard InChI is InChI=1S/C20H20N2O5S2/c1-4-29(24,25)15-8-6-14(7-9-15)21-19(23)16-12-28-20(22-16)13-5-10-17(26-2)18(11-13)27-3/h5-12H,4H2,1-3H3,(H,21,23). The van der Waals surface area contributed by atoms with Gasteiger partial charge < -0.3 is 14.8 Å². The molecule has 0 bridgehead atoms. The van der Waals surface area contributed by atoms with Crippen molar-refractivity contribution in [2.75, 3.05) is 25.3 Å². The molecular formula is C20H20N2O5S2. The van der Waals surface area contributed by atoms with E-state index in [2.05, 4.69) is 10.3 Å². The molecule has 3 aromatic rings. The lowest BCUT2D eigenvalue weighted by molar-refractivity contribution is 0.102. The SMILES string of the molecule is CCS(=O)(=O)c1ccc(NC(=O)c2csc(-c3ccc(OC)c(OC)c3)n2)cc1. The van der Waals surface area contributed by atoms with Gasteiger partial charge in [-0.3, -0.25) is 4.79 Å². The highest BCUT2D eigenvalue weighted by atomic mass is 32.2. The van der Waals surface area contributed by atoms with E-state index in [0.717, 1.165) is 5.56 Å². The summed E-state index contributed by atoms with van der Waals surface area (Å²) in [5, 5.41) is 5.06. The number of carbonyl (C=O) groups is 1. The van der Waals surface area contributed by atoms with Gasteiger partial charge in [0, 0.05) is 16.6 Å². The van der Waals surface area contributed by atoms with Crippen LogP contribution in [0.2, 0.25) is 0 Å². The fourth-order valence-corrected chi connectivity index (χ4v) is 4.27. The van der Waals surface area contributed by atoms with E-state index in [1.807, 2.05) is 6.07 Å². The molecule has 0 aliphatic heterocycles. The first-order valence-electron chi connectivity index (χ1n) is 8.70. The van der Waals surface area contributed by atoms with Crippen LogP contribution in [0.25, 0.3) is 10.6 Å². The summed E-state index contributed by atoms with van der Waals surface area (Å²) >= 11 is 1.34. The van der Waals surface area contributed by atoms with E-state index in [1.165, 1.54) is 23.5 Å². The zero-order valence-electron chi connectivity index (χ0n) is 16.1. The molecule has 1 N–H and O–H groups in total. The molecule has 1 heterocycles. The van der Waals surface area contributed by atoms with Gasteiger partial charge in [-0.05, 0) is 42.5 Å². The molecule has 152 valence electrons. The van der Waals surface area contributed by atoms with Crippen molar-refractivity contribution in [1.82, 2.24) is 4.98 Å². The second kappa shape index (κ2) is 8.62. The first-order chi connectivity index (χ1) is 13.9. The monoisotopic (exact) mass is 432 g/mol. The van der Waals surface area contributed by atoms with Crippen LogP contribution in [0.5, 0.6) is 11.5 Å². The molecule has 7 nitrogen and oxygen atoms in total. The molecular weight excluding hydrogens is 412 g/mol. The maximum Gasteiger partial charge on any atom is 0.275 e. The molecule has 0 unspecified atom stereocenters. The summed E-state index contributed by atoms with van der Waals surface area (Å²) in [7, 11) is -0.158. The van der Waals surface area contributed by atoms with Crippen LogP contribution < -0.4 is 14.8 Å². The normalized spacial score (nSPS) is 11.1. The van der Waals surface area contributed by atoms with Crippen LogP contribution in [0.1, 0.15) is 17.4 Å². The Morgan fingerprint density at radius 2 is 1.76 bits per heavy atom. The first kappa shape index (κ1) is 20.8. The Morgan fingerprint density at radius 1 is 1.07 bits per heavy atom. The fourth-order valence-electron chi connectivity index (χ4n) is 2.59. The third-order valence-corrected chi connectivity index (χ3v) is 6.86. The number of carbonyl (C=O) groups excluding carboxylic acids is 1. The van der Waals surface area contributed by atoms with Gasteiger partial charge in [0.2, 0.25) is 0 Å². The second-order valence-corrected chi connectivity index (χ2v) is 9.13. The first-order valence-corrected chi connectivity index (χ1v) is 11.2. The van der Waals surface area contributed by atoms with Gasteiger partial charge in [-0.25, -0.2) is 13.4 Å². The van der Waals surface area contributed by atoms with Crippen LogP contribution >= 0.6 is 11.3 Å². The smallest absolute Gasteiger partial charge is 0.275 e. The minimum Gasteiger partial charge on any atom is -0.493 e. The van der Waals surface area contributed by atoms with Crippen molar-refractivity contribution in [2.24, 2.45) is 0 Å². The molecule has 1 amide bonds. The van der Waals surface area contributed by atoms with Gasteiger partial charge in [0.15, 0.2) is 21.3 Å². The van der Waals surface area contributed by atoms with E-state index in [0.29, 0.717) is 22.2 Å². The van der Waals surface area contributed by atoms with Crippen LogP contribution in [0, 0.1) is 0 Å². The Hall–Kier alpha value is -2.91. The number of anilines is 1. The molecule has 0 saturated carbocycles. The third kappa shape index (κ3) is 4.57. The summed E-state index contributed by atoms with van der Waals surface area (Å²) in [5.74, 6) is 0.836. The minimum atomic E-state index is -3.28. The lowest BCUT2D eigenvalue weighted by Crippen LogP contribution is -2.12. The van der Waals surface area contributed by atoms with E-state index in [-0.39, 0.29) is 22.2 Å². The Kier molecular flexibility index (Phi) is 6.19. The number of methoxy groups -OCH3 is 2. The van der Waals surface area contributed by atoms with E-state index >= 15 is 0 Å². The molecule has 1 aromatic heterocycles. The average molecular weight is 433 g/mol. The van der Waals surface area contributed by atoms with Gasteiger partial charge in [0.25, 0.3) is 5.91 Å². The van der Waals surface area contributed by atoms with Gasteiger partial charge in [-0.2, -0.15) is 0 Å². The Balaban J connectivity index is 1.76. The van der Waals surface area contributed by atoms with Gasteiger partial charge in [0.05, 0.1) is 24.9 Å². The highest BCUT2D eigenvalue weighted by Gasteiger charge is 2.15. The van der Waals surface area contributed by atoms with E-state index < -0.39 is 9.84 Å². The number of aromatic nitrogens is 1. The maximum atomic E-state index is 12.5. The summed E-state index contributed by atoms with van der Waals surface area (Å²) in [5.41, 5.74) is 1.57. The van der Waals surface area contributed by atoms with Gasteiger partial charge in [0.1, 0.15) is 10.7 Å². The minimum absolute atomic E-state index is 0.0243. The number of amides is 1. The summed E-state index contributed by atoms with van der Waals surface area (Å²) in [6, 6.07) is 11.5. The van der Waals surface area contributed by atoms with Crippen LogP contribution in [-0.4, -0.2) is 39.3 Å². The van der Waals surface area contributed by atoms with Crippen LogP contribution in [0.15, 0.2) is 52.7 Å². The number of rotatable bonds is 7. The molecule has 2 aromatic carbocycles. The van der Waals surface area contributed by atoms with Crippen LogP contribution in [0.4, 0.5) is 5.69 Å². The number of benzene rings is 2. The van der Waals surface area contributed by atoms with Crippen LogP contribution in [0.3, 0.4) is 0 Å². The average Bonchev–Trinajstić information content (AvgIpc) is 3.24. The van der Waals surface area contributed by atoms with E-state index in [1.54, 1.807) is 50.8 Å². The highest BCUT2D eigenvalue weighted by molar-refractivity contribution is 7.91. The molecule has 0 spiro atoms. The molecule has 29 heavy (non-hydrogen) atoms. The van der Waals surface area contributed by atoms with Crippen molar-refractivity contribution in [3.63, 3.8) is 0 Å². The maximum absolute atomic E-state index is 12.5. The second-order valence-electron chi connectivity index (χ2n) is 5.99. The number of hydrogen-bond acceptors (Lipinski definition) is 7. The predicted octanol–water partition coefficient (Wildman–Crippen LogP) is 3.87. The summed E-state index contributed by atoms with van der Waals surface area (Å²) in [6.07, 6.45) is 0. The van der Waals surface area contributed by atoms with Crippen molar-refractivity contribution < 1.29 is 22.7 Å². The van der Waals surface area contributed by atoms with Crippen molar-refractivity contribution >= 4 is 32.8 Å². The molecule has 0 saturated heterocycles. The Morgan fingerprint density at radius 3 is 2.38 bits per heavy atom. The Bertz CT molecular complexity index is 1120. The van der Waals surface area contributed by atoms with Crippen molar-refractivity contribution in [2.45, 2.75) is 11.8 Å². The van der Waals surface area contributed by atoms with Gasteiger partial charge in [-0.1, -0.05) is 6.92 Å². The molecule has 0 aliphatic rings. The summed E-state index contributed by atoms with van der Waals surface area (Å²) < 4.78 is 34.3. The summed E-state index contributed by atoms with van der Waals surface area (Å²) in [6.45, 7) is 1.59. The quantitative estimate of drug-likeness (QED) is 0.609. The number of ether oxygens (including phenoxy) is 2. The number of nitrogens with zero attached hydrogens (tertiary/aromatic N) is 1. The van der Waals surface area contributed by atoms with Gasteiger partial charge in [-0.15, -0.1) is 11.3 Å². The topological polar surface area (TPSA) is 94.6 Å². The molecule has 0 atom stereocenters. The lowest BCUT2D eigenvalue weighted by atomic mass is 10.2. The molecule has 9 heteroatoms. The van der Waals surface area contributed by atoms with Crippen molar-refractivity contribution in [3.8, 4) is 22.1 Å². The number of hydrogen-bond donors (Lipinski definition) is 1.